The zero-order valence-corrected chi connectivity index (χ0v) is 14.0. The molecule has 130 valence electrons. The predicted molar refractivity (Wildman–Crippen MR) is 88.1 cm³/mol. The highest BCUT2D eigenvalue weighted by Gasteiger charge is 2.28. The first-order valence-corrected chi connectivity index (χ1v) is 8.01. The third-order valence-corrected chi connectivity index (χ3v) is 4.42. The summed E-state index contributed by atoms with van der Waals surface area (Å²) >= 11 is 0. The van der Waals surface area contributed by atoms with Crippen molar-refractivity contribution in [2.75, 3.05) is 24.6 Å². The Kier molecular flexibility index (Phi) is 4.16. The largest absolute Gasteiger partial charge is 0.466 e. The highest BCUT2D eigenvalue weighted by Crippen LogP contribution is 2.23. The van der Waals surface area contributed by atoms with Crippen molar-refractivity contribution in [1.29, 1.82) is 0 Å². The van der Waals surface area contributed by atoms with Crippen LogP contribution in [0.25, 0.3) is 11.2 Å². The van der Waals surface area contributed by atoms with Crippen molar-refractivity contribution >= 4 is 23.1 Å². The van der Waals surface area contributed by atoms with E-state index in [4.69, 9.17) is 4.74 Å². The Morgan fingerprint density at radius 2 is 2.08 bits per heavy atom. The Morgan fingerprint density at radius 3 is 2.79 bits per heavy atom. The van der Waals surface area contributed by atoms with E-state index < -0.39 is 11.2 Å². The molecule has 1 atom stereocenters. The number of aryl methyl sites for hydroxylation is 1. The van der Waals surface area contributed by atoms with E-state index in [0.29, 0.717) is 24.7 Å². The third-order valence-electron chi connectivity index (χ3n) is 4.42. The number of H-pyrrole nitrogens is 1. The maximum absolute atomic E-state index is 12.2. The summed E-state index contributed by atoms with van der Waals surface area (Å²) in [4.78, 5) is 45.5. The summed E-state index contributed by atoms with van der Waals surface area (Å²) in [5, 5.41) is 0. The van der Waals surface area contributed by atoms with Crippen LogP contribution in [-0.4, -0.2) is 44.8 Å². The number of rotatable bonds is 3. The summed E-state index contributed by atoms with van der Waals surface area (Å²) in [6, 6.07) is 0. The molecule has 1 N–H and O–H groups in total. The minimum Gasteiger partial charge on any atom is -0.466 e. The van der Waals surface area contributed by atoms with Crippen molar-refractivity contribution < 1.29 is 9.53 Å². The quantitative estimate of drug-likeness (QED) is 0.775. The first-order valence-electron chi connectivity index (χ1n) is 8.01. The lowest BCUT2D eigenvalue weighted by Crippen LogP contribution is -2.40. The van der Waals surface area contributed by atoms with Gasteiger partial charge in [0.15, 0.2) is 11.2 Å². The van der Waals surface area contributed by atoms with E-state index in [1.54, 1.807) is 14.0 Å². The molecule has 0 spiro atoms. The summed E-state index contributed by atoms with van der Waals surface area (Å²) < 4.78 is 7.48. The van der Waals surface area contributed by atoms with E-state index in [1.165, 1.54) is 11.6 Å². The second kappa shape index (κ2) is 6.14. The molecule has 2 aromatic rings. The Labute approximate surface area is 137 Å². The molecule has 1 aliphatic heterocycles. The molecule has 1 aliphatic rings. The van der Waals surface area contributed by atoms with Gasteiger partial charge in [0.25, 0.3) is 5.56 Å². The first-order chi connectivity index (χ1) is 11.4. The molecule has 0 amide bonds. The number of carbonyl (C=O) groups is 1. The fraction of sp³-hybridized carbons (Fsp3) is 0.600. The van der Waals surface area contributed by atoms with Crippen LogP contribution in [0.5, 0.6) is 0 Å². The van der Waals surface area contributed by atoms with Crippen LogP contribution in [0.3, 0.4) is 0 Å². The maximum Gasteiger partial charge on any atom is 0.332 e. The number of aromatic nitrogens is 4. The molecule has 0 bridgehead atoms. The number of anilines is 1. The lowest BCUT2D eigenvalue weighted by Gasteiger charge is -2.31. The van der Waals surface area contributed by atoms with E-state index in [2.05, 4.69) is 9.97 Å². The smallest absolute Gasteiger partial charge is 0.332 e. The highest BCUT2D eigenvalue weighted by molar-refractivity contribution is 5.75. The van der Waals surface area contributed by atoms with Crippen LogP contribution in [0.15, 0.2) is 9.59 Å². The van der Waals surface area contributed by atoms with Gasteiger partial charge in [0.1, 0.15) is 0 Å². The Morgan fingerprint density at radius 1 is 1.33 bits per heavy atom. The van der Waals surface area contributed by atoms with Crippen LogP contribution in [-0.2, 0) is 23.6 Å². The molecule has 1 fully saturated rings. The van der Waals surface area contributed by atoms with Crippen LogP contribution < -0.4 is 16.1 Å². The first kappa shape index (κ1) is 16.3. The predicted octanol–water partition coefficient (Wildman–Crippen LogP) is -0.260. The fourth-order valence-corrected chi connectivity index (χ4v) is 3.09. The number of nitrogens with one attached hydrogen (secondary N) is 1. The van der Waals surface area contributed by atoms with Gasteiger partial charge in [-0.1, -0.05) is 0 Å². The van der Waals surface area contributed by atoms with Crippen LogP contribution in [0, 0.1) is 5.92 Å². The van der Waals surface area contributed by atoms with Crippen LogP contribution in [0.2, 0.25) is 0 Å². The molecule has 0 aliphatic carbocycles. The van der Waals surface area contributed by atoms with Crippen LogP contribution in [0.1, 0.15) is 19.8 Å². The van der Waals surface area contributed by atoms with Gasteiger partial charge in [-0.2, -0.15) is 4.98 Å². The third kappa shape index (κ3) is 2.59. The SMILES string of the molecule is CCOC(=O)[C@H]1CCCN(c2nc3c([nH]2)c(=O)n(C)c(=O)n3C)C1. The summed E-state index contributed by atoms with van der Waals surface area (Å²) in [7, 11) is 3.01. The van der Waals surface area contributed by atoms with E-state index in [9.17, 15) is 14.4 Å². The van der Waals surface area contributed by atoms with Gasteiger partial charge in [0, 0.05) is 27.2 Å². The van der Waals surface area contributed by atoms with Gasteiger partial charge in [0.05, 0.1) is 12.5 Å². The van der Waals surface area contributed by atoms with E-state index in [-0.39, 0.29) is 17.4 Å². The monoisotopic (exact) mass is 335 g/mol. The van der Waals surface area contributed by atoms with Crippen molar-refractivity contribution in [3.8, 4) is 0 Å². The standard InChI is InChI=1S/C15H21N5O4/c1-4-24-13(22)9-6-5-7-20(8-9)14-16-10-11(17-14)18(2)15(23)19(3)12(10)21/h9H,4-8H2,1-3H3,(H,16,17)/t9-/m0/s1. The summed E-state index contributed by atoms with van der Waals surface area (Å²) in [5.74, 6) is 0.0810. The number of ether oxygens (including phenoxy) is 1. The molecular formula is C15H21N5O4. The Balaban J connectivity index is 1.97. The van der Waals surface area contributed by atoms with Gasteiger partial charge in [-0.25, -0.2) is 4.79 Å². The van der Waals surface area contributed by atoms with Crippen LogP contribution >= 0.6 is 0 Å². The number of fused-ring (bicyclic) bond motifs is 1. The van der Waals surface area contributed by atoms with Gasteiger partial charge < -0.3 is 14.6 Å². The maximum atomic E-state index is 12.2. The molecule has 3 rings (SSSR count). The minimum absolute atomic E-state index is 0.207. The second-order valence-electron chi connectivity index (χ2n) is 6.00. The van der Waals surface area contributed by atoms with Gasteiger partial charge >= 0.3 is 11.7 Å². The molecular weight excluding hydrogens is 314 g/mol. The number of nitrogens with zero attached hydrogens (tertiary/aromatic N) is 4. The molecule has 3 heterocycles. The fourth-order valence-electron chi connectivity index (χ4n) is 3.09. The normalized spacial score (nSPS) is 18.1. The highest BCUT2D eigenvalue weighted by atomic mass is 16.5. The lowest BCUT2D eigenvalue weighted by molar-refractivity contribution is -0.148. The second-order valence-corrected chi connectivity index (χ2v) is 6.00. The molecule has 9 heteroatoms. The molecule has 2 aromatic heterocycles. The van der Waals surface area contributed by atoms with Gasteiger partial charge in [-0.3, -0.25) is 18.7 Å². The minimum atomic E-state index is -0.423. The Hall–Kier alpha value is -2.58. The number of hydrogen-bond donors (Lipinski definition) is 1. The number of aromatic amines is 1. The van der Waals surface area contributed by atoms with Crippen molar-refractivity contribution in [3.05, 3.63) is 20.8 Å². The van der Waals surface area contributed by atoms with E-state index in [0.717, 1.165) is 24.0 Å². The summed E-state index contributed by atoms with van der Waals surface area (Å²) in [6.07, 6.45) is 1.60. The average molecular weight is 335 g/mol. The zero-order valence-electron chi connectivity index (χ0n) is 14.0. The van der Waals surface area contributed by atoms with Crippen molar-refractivity contribution in [2.24, 2.45) is 20.0 Å². The molecule has 0 unspecified atom stereocenters. The number of carbonyl (C=O) groups excluding carboxylic acids is 1. The molecule has 0 saturated carbocycles. The molecule has 9 nitrogen and oxygen atoms in total. The summed E-state index contributed by atoms with van der Waals surface area (Å²) in [6.45, 7) is 3.35. The number of hydrogen-bond acceptors (Lipinski definition) is 6. The number of piperidine rings is 1. The van der Waals surface area contributed by atoms with E-state index in [1.807, 2.05) is 4.90 Å². The topological polar surface area (TPSA) is 102 Å². The number of imidazole rings is 1. The lowest BCUT2D eigenvalue weighted by atomic mass is 9.98. The molecule has 24 heavy (non-hydrogen) atoms. The van der Waals surface area contributed by atoms with Crippen molar-refractivity contribution in [3.63, 3.8) is 0 Å². The van der Waals surface area contributed by atoms with Crippen molar-refractivity contribution in [1.82, 2.24) is 19.1 Å². The molecule has 0 radical (unpaired) electrons. The zero-order chi connectivity index (χ0) is 17.4. The van der Waals surface area contributed by atoms with Gasteiger partial charge in [-0.05, 0) is 19.8 Å². The molecule has 1 saturated heterocycles. The number of esters is 1. The average Bonchev–Trinajstić information content (AvgIpc) is 3.04. The summed E-state index contributed by atoms with van der Waals surface area (Å²) in [5.41, 5.74) is -0.233. The Bertz CT molecular complexity index is 894. The van der Waals surface area contributed by atoms with Gasteiger partial charge in [0.2, 0.25) is 5.95 Å². The van der Waals surface area contributed by atoms with Crippen molar-refractivity contribution in [2.45, 2.75) is 19.8 Å². The van der Waals surface area contributed by atoms with E-state index >= 15 is 0 Å². The molecule has 0 aromatic carbocycles. The van der Waals surface area contributed by atoms with Crippen LogP contribution in [0.4, 0.5) is 5.95 Å². The van der Waals surface area contributed by atoms with Gasteiger partial charge in [-0.15, -0.1) is 0 Å².